The highest BCUT2D eigenvalue weighted by Crippen LogP contribution is 2.40. The summed E-state index contributed by atoms with van der Waals surface area (Å²) in [4.78, 5) is 8.85. The number of rotatable bonds is 2. The zero-order chi connectivity index (χ0) is 12.7. The number of nitrogens with zero attached hydrogens (tertiary/aromatic N) is 2. The molecule has 18 heavy (non-hydrogen) atoms. The van der Waals surface area contributed by atoms with Crippen molar-refractivity contribution >= 4 is 33.3 Å². The summed E-state index contributed by atoms with van der Waals surface area (Å²) in [5.74, 6) is 1.72. The fourth-order valence-corrected chi connectivity index (χ4v) is 2.27. The van der Waals surface area contributed by atoms with Crippen LogP contribution in [0.3, 0.4) is 0 Å². The molecular formula is C13H11BrClN3. The van der Waals surface area contributed by atoms with Gasteiger partial charge in [-0.1, -0.05) is 11.6 Å². The summed E-state index contributed by atoms with van der Waals surface area (Å²) in [6.45, 7) is 0. The first-order valence-corrected chi connectivity index (χ1v) is 6.90. The monoisotopic (exact) mass is 323 g/mol. The highest BCUT2D eigenvalue weighted by Gasteiger charge is 2.26. The van der Waals surface area contributed by atoms with E-state index in [1.807, 2.05) is 24.3 Å². The molecule has 1 fully saturated rings. The van der Waals surface area contributed by atoms with E-state index in [1.165, 1.54) is 12.8 Å². The molecule has 0 aliphatic heterocycles. The number of nitrogens with two attached hydrogens (primary N) is 1. The molecule has 1 aliphatic rings. The van der Waals surface area contributed by atoms with E-state index in [9.17, 15) is 0 Å². The van der Waals surface area contributed by atoms with E-state index >= 15 is 0 Å². The molecule has 0 spiro atoms. The molecule has 0 saturated heterocycles. The first-order chi connectivity index (χ1) is 8.63. The lowest BCUT2D eigenvalue weighted by Gasteiger charge is -2.06. The highest BCUT2D eigenvalue weighted by atomic mass is 79.9. The number of hydrogen-bond donors (Lipinski definition) is 1. The maximum absolute atomic E-state index is 6.08. The molecule has 1 aromatic carbocycles. The van der Waals surface area contributed by atoms with Crippen LogP contribution in [0.2, 0.25) is 5.02 Å². The van der Waals surface area contributed by atoms with E-state index in [0.29, 0.717) is 22.6 Å². The van der Waals surface area contributed by atoms with Gasteiger partial charge in [-0.15, -0.1) is 0 Å². The molecular weight excluding hydrogens is 314 g/mol. The van der Waals surface area contributed by atoms with Gasteiger partial charge in [-0.3, -0.25) is 0 Å². The number of anilines is 1. The Morgan fingerprint density at radius 3 is 2.67 bits per heavy atom. The van der Waals surface area contributed by atoms with Gasteiger partial charge in [0.05, 0.1) is 5.02 Å². The van der Waals surface area contributed by atoms with Gasteiger partial charge in [0.1, 0.15) is 5.82 Å². The summed E-state index contributed by atoms with van der Waals surface area (Å²) in [6.07, 6.45) is 2.38. The highest BCUT2D eigenvalue weighted by molar-refractivity contribution is 9.10. The van der Waals surface area contributed by atoms with E-state index in [2.05, 4.69) is 25.9 Å². The Hall–Kier alpha value is -1.13. The average molecular weight is 325 g/mol. The summed E-state index contributed by atoms with van der Waals surface area (Å²) < 4.78 is 0.860. The molecule has 1 saturated carbocycles. The van der Waals surface area contributed by atoms with Crippen molar-refractivity contribution < 1.29 is 0 Å². The largest absolute Gasteiger partial charge is 0.384 e. The van der Waals surface area contributed by atoms with Crippen LogP contribution >= 0.6 is 27.5 Å². The number of nitrogen functional groups attached to an aromatic ring is 1. The van der Waals surface area contributed by atoms with Gasteiger partial charge < -0.3 is 5.73 Å². The lowest BCUT2D eigenvalue weighted by atomic mass is 10.2. The van der Waals surface area contributed by atoms with Crippen LogP contribution in [0.25, 0.3) is 11.4 Å². The van der Waals surface area contributed by atoms with Gasteiger partial charge in [0.2, 0.25) is 0 Å². The van der Waals surface area contributed by atoms with Crippen molar-refractivity contribution in [2.45, 2.75) is 18.8 Å². The minimum absolute atomic E-state index is 0.515. The van der Waals surface area contributed by atoms with E-state index in [1.54, 1.807) is 0 Å². The molecule has 1 aliphatic carbocycles. The molecule has 2 aromatic rings. The smallest absolute Gasteiger partial charge is 0.161 e. The van der Waals surface area contributed by atoms with E-state index in [0.717, 1.165) is 15.7 Å². The molecule has 0 radical (unpaired) electrons. The van der Waals surface area contributed by atoms with Crippen molar-refractivity contribution in [3.8, 4) is 11.4 Å². The maximum atomic E-state index is 6.08. The van der Waals surface area contributed by atoms with Gasteiger partial charge in [-0.05, 0) is 47.0 Å². The van der Waals surface area contributed by atoms with Crippen LogP contribution < -0.4 is 5.73 Å². The second-order valence-corrected chi connectivity index (χ2v) is 5.71. The fraction of sp³-hybridized carbons (Fsp3) is 0.231. The molecule has 0 unspecified atom stereocenters. The summed E-state index contributed by atoms with van der Waals surface area (Å²) in [5.41, 5.74) is 7.76. The standard InChI is InChI=1S/C13H11BrClN3/c14-9-4-3-8(5-10(9)15)13-17-11(7-1-2-7)6-12(16)18-13/h3-7H,1-2H2,(H2,16,17,18). The van der Waals surface area contributed by atoms with Crippen LogP contribution in [0.15, 0.2) is 28.7 Å². The van der Waals surface area contributed by atoms with Crippen LogP contribution in [-0.2, 0) is 0 Å². The lowest BCUT2D eigenvalue weighted by molar-refractivity contribution is 0.998. The molecule has 0 bridgehead atoms. The summed E-state index contributed by atoms with van der Waals surface area (Å²) in [6, 6.07) is 7.53. The molecule has 1 heterocycles. The van der Waals surface area contributed by atoms with Crippen molar-refractivity contribution in [2.24, 2.45) is 0 Å². The predicted molar refractivity (Wildman–Crippen MR) is 76.6 cm³/mol. The third-order valence-electron chi connectivity index (χ3n) is 2.94. The Bertz CT molecular complexity index is 611. The Morgan fingerprint density at radius 1 is 1.22 bits per heavy atom. The zero-order valence-corrected chi connectivity index (χ0v) is 11.9. The molecule has 5 heteroatoms. The second kappa shape index (κ2) is 4.52. The lowest BCUT2D eigenvalue weighted by Crippen LogP contribution is -1.99. The molecule has 3 nitrogen and oxygen atoms in total. The normalized spacial score (nSPS) is 14.8. The van der Waals surface area contributed by atoms with Crippen molar-refractivity contribution in [2.75, 3.05) is 5.73 Å². The molecule has 2 N–H and O–H groups in total. The van der Waals surface area contributed by atoms with Gasteiger partial charge in [0.15, 0.2) is 5.82 Å². The third-order valence-corrected chi connectivity index (χ3v) is 4.17. The van der Waals surface area contributed by atoms with Crippen LogP contribution in [0.4, 0.5) is 5.82 Å². The van der Waals surface area contributed by atoms with Crippen molar-refractivity contribution in [3.05, 3.63) is 39.5 Å². The topological polar surface area (TPSA) is 51.8 Å². The first kappa shape index (κ1) is 11.9. The molecule has 0 atom stereocenters. The average Bonchev–Trinajstić information content (AvgIpc) is 3.16. The summed E-state index contributed by atoms with van der Waals surface area (Å²) >= 11 is 9.45. The number of halogens is 2. The van der Waals surface area contributed by atoms with Crippen LogP contribution in [0.5, 0.6) is 0 Å². The predicted octanol–water partition coefficient (Wildman–Crippen LogP) is 4.02. The Labute approximate surface area is 119 Å². The van der Waals surface area contributed by atoms with E-state index in [-0.39, 0.29) is 0 Å². The third kappa shape index (κ3) is 2.35. The summed E-state index contributed by atoms with van der Waals surface area (Å²) in [5, 5.41) is 0.645. The van der Waals surface area contributed by atoms with Crippen molar-refractivity contribution in [1.82, 2.24) is 9.97 Å². The molecule has 3 rings (SSSR count). The minimum Gasteiger partial charge on any atom is -0.384 e. The van der Waals surface area contributed by atoms with Crippen LogP contribution in [-0.4, -0.2) is 9.97 Å². The van der Waals surface area contributed by atoms with Crippen molar-refractivity contribution in [1.29, 1.82) is 0 Å². The Kier molecular flexibility index (Phi) is 2.99. The van der Waals surface area contributed by atoms with Gasteiger partial charge in [-0.25, -0.2) is 9.97 Å². The van der Waals surface area contributed by atoms with Gasteiger partial charge in [0.25, 0.3) is 0 Å². The summed E-state index contributed by atoms with van der Waals surface area (Å²) in [7, 11) is 0. The van der Waals surface area contributed by atoms with Gasteiger partial charge in [-0.2, -0.15) is 0 Å². The number of benzene rings is 1. The SMILES string of the molecule is Nc1cc(C2CC2)nc(-c2ccc(Br)c(Cl)c2)n1. The van der Waals surface area contributed by atoms with Crippen molar-refractivity contribution in [3.63, 3.8) is 0 Å². The van der Waals surface area contributed by atoms with Gasteiger partial charge in [0, 0.05) is 27.7 Å². The molecule has 1 aromatic heterocycles. The second-order valence-electron chi connectivity index (χ2n) is 4.44. The zero-order valence-electron chi connectivity index (χ0n) is 9.53. The van der Waals surface area contributed by atoms with E-state index in [4.69, 9.17) is 17.3 Å². The Balaban J connectivity index is 2.07. The van der Waals surface area contributed by atoms with E-state index < -0.39 is 0 Å². The van der Waals surface area contributed by atoms with Gasteiger partial charge >= 0.3 is 0 Å². The maximum Gasteiger partial charge on any atom is 0.161 e. The minimum atomic E-state index is 0.515. The Morgan fingerprint density at radius 2 is 2.00 bits per heavy atom. The fourth-order valence-electron chi connectivity index (χ4n) is 1.84. The number of aromatic nitrogens is 2. The number of hydrogen-bond acceptors (Lipinski definition) is 3. The van der Waals surface area contributed by atoms with Crippen LogP contribution in [0, 0.1) is 0 Å². The quantitative estimate of drug-likeness (QED) is 0.907. The first-order valence-electron chi connectivity index (χ1n) is 5.73. The molecule has 92 valence electrons. The van der Waals surface area contributed by atoms with Crippen LogP contribution in [0.1, 0.15) is 24.5 Å². The molecule has 0 amide bonds.